The van der Waals surface area contributed by atoms with Crippen molar-refractivity contribution in [3.63, 3.8) is 0 Å². The second-order valence-corrected chi connectivity index (χ2v) is 6.78. The Labute approximate surface area is 168 Å². The molecule has 0 spiro atoms. The van der Waals surface area contributed by atoms with E-state index in [2.05, 4.69) is 10.3 Å². The molecule has 0 saturated carbocycles. The van der Waals surface area contributed by atoms with Crippen molar-refractivity contribution in [2.75, 3.05) is 19.6 Å². The molecule has 2 heterocycles. The van der Waals surface area contributed by atoms with Crippen LogP contribution in [0.25, 0.3) is 0 Å². The number of nitrogens with zero attached hydrogens (tertiary/aromatic N) is 2. The maximum atomic E-state index is 15.8. The lowest BCUT2D eigenvalue weighted by Crippen LogP contribution is -2.48. The highest BCUT2D eigenvalue weighted by molar-refractivity contribution is 6.31. The summed E-state index contributed by atoms with van der Waals surface area (Å²) in [6.07, 6.45) is -3.74. The first-order chi connectivity index (χ1) is 14.4. The van der Waals surface area contributed by atoms with Crippen molar-refractivity contribution in [3.8, 4) is 0 Å². The van der Waals surface area contributed by atoms with Crippen LogP contribution in [0.2, 0.25) is 5.02 Å². The van der Waals surface area contributed by atoms with E-state index >= 15 is 4.39 Å². The summed E-state index contributed by atoms with van der Waals surface area (Å²) in [6.45, 7) is 0.0726. The van der Waals surface area contributed by atoms with E-state index < -0.39 is 49.8 Å². The maximum absolute atomic E-state index is 15.8. The third-order valence-electron chi connectivity index (χ3n) is 4.20. The van der Waals surface area contributed by atoms with Crippen LogP contribution >= 0.6 is 11.6 Å². The Morgan fingerprint density at radius 2 is 2.11 bits per heavy atom. The van der Waals surface area contributed by atoms with Crippen LogP contribution in [0.4, 0.5) is 8.78 Å². The van der Waals surface area contributed by atoms with Crippen LogP contribution in [0, 0.1) is 12.7 Å². The van der Waals surface area contributed by atoms with Gasteiger partial charge < -0.3 is 10.2 Å². The second-order valence-electron chi connectivity index (χ2n) is 6.38. The fourth-order valence-electron chi connectivity index (χ4n) is 2.61. The number of aryl methyl sites for hydroxylation is 1. The molecule has 7 heteroatoms. The molecule has 1 N–H and O–H groups in total. The summed E-state index contributed by atoms with van der Waals surface area (Å²) in [5, 5.41) is 2.46. The van der Waals surface area contributed by atoms with Crippen LogP contribution in [0.15, 0.2) is 36.5 Å². The number of halogens is 3. The molecule has 1 aromatic carbocycles. The molecule has 27 heavy (non-hydrogen) atoms. The van der Waals surface area contributed by atoms with E-state index in [-0.39, 0.29) is 17.1 Å². The summed E-state index contributed by atoms with van der Waals surface area (Å²) in [7, 11) is 0. The summed E-state index contributed by atoms with van der Waals surface area (Å²) >= 11 is 5.70. The van der Waals surface area contributed by atoms with Gasteiger partial charge in [-0.2, -0.15) is 0 Å². The molecule has 1 aliphatic rings. The molecule has 144 valence electrons. The molecule has 0 radical (unpaired) electrons. The lowest BCUT2D eigenvalue weighted by molar-refractivity contribution is 0.0434. The minimum absolute atomic E-state index is 0.0343. The Bertz CT molecular complexity index is 957. The Morgan fingerprint density at radius 3 is 2.74 bits per heavy atom. The van der Waals surface area contributed by atoms with E-state index in [0.717, 1.165) is 22.6 Å². The van der Waals surface area contributed by atoms with Crippen LogP contribution in [0.5, 0.6) is 0 Å². The number of piperidine rings is 1. The Kier molecular flexibility index (Phi) is 4.60. The van der Waals surface area contributed by atoms with Crippen LogP contribution in [0.1, 0.15) is 39.8 Å². The normalized spacial score (nSPS) is 22.3. The molecule has 1 aliphatic heterocycles. The molecule has 1 amide bonds. The Morgan fingerprint density at radius 1 is 1.37 bits per heavy atom. The molecular weight excluding hydrogens is 372 g/mol. The average Bonchev–Trinajstić information content (AvgIpc) is 2.69. The van der Waals surface area contributed by atoms with Crippen molar-refractivity contribution in [2.45, 2.75) is 31.9 Å². The molecule has 0 bridgehead atoms. The van der Waals surface area contributed by atoms with Crippen molar-refractivity contribution in [1.29, 1.82) is 0 Å². The van der Waals surface area contributed by atoms with Gasteiger partial charge in [-0.1, -0.05) is 17.7 Å². The maximum Gasteiger partial charge on any atom is 0.253 e. The average molecular weight is 398 g/mol. The Balaban J connectivity index is 1.75. The van der Waals surface area contributed by atoms with E-state index in [4.69, 9.17) is 17.1 Å². The molecular formula is C20H22ClF2N3O. The fourth-order valence-corrected chi connectivity index (χ4v) is 2.79. The predicted octanol–water partition coefficient (Wildman–Crippen LogP) is 3.92. The third-order valence-corrected chi connectivity index (χ3v) is 4.49. The third kappa shape index (κ3) is 5.02. The summed E-state index contributed by atoms with van der Waals surface area (Å²) < 4.78 is 62.1. The van der Waals surface area contributed by atoms with Crippen LogP contribution in [-0.2, 0) is 6.54 Å². The number of carbonyl (C=O) groups excluding carboxylic acids is 1. The second kappa shape index (κ2) is 8.31. The number of alkyl halides is 1. The van der Waals surface area contributed by atoms with E-state index in [9.17, 15) is 9.18 Å². The summed E-state index contributed by atoms with van der Waals surface area (Å²) in [5.74, 6) is -1.48. The largest absolute Gasteiger partial charge is 0.338 e. The van der Waals surface area contributed by atoms with Gasteiger partial charge in [0.2, 0.25) is 0 Å². The van der Waals surface area contributed by atoms with Gasteiger partial charge in [-0.3, -0.25) is 9.78 Å². The topological polar surface area (TPSA) is 45.2 Å². The molecule has 2 aromatic rings. The van der Waals surface area contributed by atoms with E-state index in [1.54, 1.807) is 12.3 Å². The van der Waals surface area contributed by atoms with Crippen LogP contribution in [-0.4, -0.2) is 41.1 Å². The zero-order valence-electron chi connectivity index (χ0n) is 18.7. The lowest BCUT2D eigenvalue weighted by Gasteiger charge is -2.36. The molecule has 1 saturated heterocycles. The first-order valence-electron chi connectivity index (χ1n) is 10.4. The SMILES string of the molecule is [2H]C1([2H])CN(C(=O)c2ccc(F)c(Cl)c2)CC([2H])([2H])C1(F)CNCc1ccc(C)cn1. The standard InChI is InChI=1S/C20H22ClF2N3O/c1-14-2-4-16(25-11-14)12-24-13-20(23)6-8-26(9-7-20)19(27)15-3-5-18(22)17(21)10-15/h2-5,10-11,24H,6-9,12-13H2,1H3/i6D2,7D2. The Hall–Kier alpha value is -2.05. The van der Waals surface area contributed by atoms with Gasteiger partial charge in [0.1, 0.15) is 11.5 Å². The first kappa shape index (κ1) is 14.9. The number of carbonyl (C=O) groups is 1. The minimum atomic E-state index is -2.90. The van der Waals surface area contributed by atoms with Crippen LogP contribution in [0.3, 0.4) is 0 Å². The highest BCUT2D eigenvalue weighted by atomic mass is 35.5. The number of nitrogens with one attached hydrogen (secondary N) is 1. The van der Waals surface area contributed by atoms with E-state index in [0.29, 0.717) is 5.69 Å². The van der Waals surface area contributed by atoms with Gasteiger partial charge in [-0.25, -0.2) is 8.78 Å². The van der Waals surface area contributed by atoms with Crippen molar-refractivity contribution >= 4 is 17.5 Å². The van der Waals surface area contributed by atoms with Crippen LogP contribution < -0.4 is 5.32 Å². The predicted molar refractivity (Wildman–Crippen MR) is 101 cm³/mol. The molecule has 0 unspecified atom stereocenters. The highest BCUT2D eigenvalue weighted by Crippen LogP contribution is 2.27. The number of amides is 1. The van der Waals surface area contributed by atoms with Crippen molar-refractivity contribution in [3.05, 3.63) is 64.2 Å². The summed E-state index contributed by atoms with van der Waals surface area (Å²) in [5.41, 5.74) is -1.37. The van der Waals surface area contributed by atoms with Gasteiger partial charge in [0.15, 0.2) is 0 Å². The molecule has 1 aromatic heterocycles. The number of rotatable bonds is 5. The molecule has 1 fully saturated rings. The summed E-state index contributed by atoms with van der Waals surface area (Å²) in [6, 6.07) is 6.82. The molecule has 0 atom stereocenters. The number of pyridine rings is 1. The lowest BCUT2D eigenvalue weighted by atomic mass is 9.92. The quantitative estimate of drug-likeness (QED) is 0.831. The number of likely N-dealkylation sites (tertiary alicyclic amines) is 1. The van der Waals surface area contributed by atoms with Gasteiger partial charge in [0.25, 0.3) is 5.91 Å². The number of hydrogen-bond donors (Lipinski definition) is 1. The minimum Gasteiger partial charge on any atom is -0.338 e. The van der Waals surface area contributed by atoms with Crippen molar-refractivity contribution in [2.24, 2.45) is 0 Å². The number of aromatic nitrogens is 1. The van der Waals surface area contributed by atoms with E-state index in [1.165, 1.54) is 6.07 Å². The van der Waals surface area contributed by atoms with Gasteiger partial charge in [-0.15, -0.1) is 0 Å². The van der Waals surface area contributed by atoms with E-state index in [1.807, 2.05) is 13.0 Å². The molecule has 0 aliphatic carbocycles. The zero-order chi connectivity index (χ0) is 23.0. The fraction of sp³-hybridized carbons (Fsp3) is 0.400. The van der Waals surface area contributed by atoms with Crippen molar-refractivity contribution < 1.29 is 19.1 Å². The summed E-state index contributed by atoms with van der Waals surface area (Å²) in [4.78, 5) is 17.8. The van der Waals surface area contributed by atoms with Gasteiger partial charge >= 0.3 is 0 Å². The number of benzene rings is 1. The van der Waals surface area contributed by atoms with Gasteiger partial charge in [-0.05, 0) is 36.8 Å². The number of hydrogen-bond acceptors (Lipinski definition) is 3. The van der Waals surface area contributed by atoms with Crippen molar-refractivity contribution in [1.82, 2.24) is 15.2 Å². The monoisotopic (exact) mass is 397 g/mol. The van der Waals surface area contributed by atoms with Gasteiger partial charge in [0, 0.05) is 56.2 Å². The smallest absolute Gasteiger partial charge is 0.253 e. The molecule has 4 nitrogen and oxygen atoms in total. The zero-order valence-corrected chi connectivity index (χ0v) is 15.5. The van der Waals surface area contributed by atoms with Gasteiger partial charge in [0.05, 0.1) is 10.7 Å². The molecule has 3 rings (SSSR count). The first-order valence-corrected chi connectivity index (χ1v) is 8.80. The highest BCUT2D eigenvalue weighted by Gasteiger charge is 2.35.